The number of carbonyl (C=O) groups is 1. The van der Waals surface area contributed by atoms with Crippen molar-refractivity contribution in [3.8, 4) is 0 Å². The molecule has 2 aromatic rings. The van der Waals surface area contributed by atoms with Crippen molar-refractivity contribution in [3.63, 3.8) is 0 Å². The molecule has 0 radical (unpaired) electrons. The van der Waals surface area contributed by atoms with E-state index >= 15 is 0 Å². The third kappa shape index (κ3) is 5.24. The zero-order valence-corrected chi connectivity index (χ0v) is 14.4. The van der Waals surface area contributed by atoms with Gasteiger partial charge in [-0.3, -0.25) is 14.7 Å². The van der Waals surface area contributed by atoms with E-state index < -0.39 is 0 Å². The Labute approximate surface area is 139 Å². The zero-order valence-electron chi connectivity index (χ0n) is 12.8. The minimum Gasteiger partial charge on any atom is -0.325 e. The lowest BCUT2D eigenvalue weighted by Crippen LogP contribution is -2.31. The summed E-state index contributed by atoms with van der Waals surface area (Å²) in [5.74, 6) is -0.00561. The third-order valence-electron chi connectivity index (χ3n) is 3.35. The van der Waals surface area contributed by atoms with Crippen molar-refractivity contribution in [2.45, 2.75) is 13.3 Å². The normalized spacial score (nSPS) is 10.7. The van der Waals surface area contributed by atoms with Crippen molar-refractivity contribution in [1.82, 2.24) is 9.88 Å². The van der Waals surface area contributed by atoms with Gasteiger partial charge in [0.15, 0.2) is 0 Å². The summed E-state index contributed by atoms with van der Waals surface area (Å²) in [6, 6.07) is 11.7. The van der Waals surface area contributed by atoms with Crippen LogP contribution in [0.3, 0.4) is 0 Å². The minimum absolute atomic E-state index is 0.00561. The summed E-state index contributed by atoms with van der Waals surface area (Å²) >= 11 is 3.42. The topological polar surface area (TPSA) is 45.2 Å². The van der Waals surface area contributed by atoms with Gasteiger partial charge in [0.05, 0.1) is 6.54 Å². The molecule has 22 heavy (non-hydrogen) atoms. The highest BCUT2D eigenvalue weighted by atomic mass is 79.9. The maximum absolute atomic E-state index is 12.1. The number of amides is 1. The number of halogens is 1. The Kier molecular flexibility index (Phi) is 6.10. The van der Waals surface area contributed by atoms with E-state index in [1.807, 2.05) is 55.3 Å². The second-order valence-corrected chi connectivity index (χ2v) is 6.23. The van der Waals surface area contributed by atoms with Gasteiger partial charge in [-0.05, 0) is 49.9 Å². The summed E-state index contributed by atoms with van der Waals surface area (Å²) < 4.78 is 1.01. The molecule has 5 heteroatoms. The minimum atomic E-state index is -0.00561. The smallest absolute Gasteiger partial charge is 0.238 e. The molecule has 116 valence electrons. The number of carbonyl (C=O) groups excluding carboxylic acids is 1. The standard InChI is InChI=1S/C17H20BrN3O/c1-13-11-14(18)6-7-16(13)20-17(22)12-21(2)10-8-15-5-3-4-9-19-15/h3-7,9,11H,8,10,12H2,1-2H3,(H,20,22). The molecular formula is C17H20BrN3O. The average molecular weight is 362 g/mol. The Balaban J connectivity index is 1.81. The molecule has 4 nitrogen and oxygen atoms in total. The van der Waals surface area contributed by atoms with E-state index in [4.69, 9.17) is 0 Å². The quantitative estimate of drug-likeness (QED) is 0.858. The van der Waals surface area contributed by atoms with Gasteiger partial charge < -0.3 is 5.32 Å². The van der Waals surface area contributed by atoms with E-state index in [0.717, 1.165) is 34.4 Å². The van der Waals surface area contributed by atoms with Crippen LogP contribution in [0.2, 0.25) is 0 Å². The van der Waals surface area contributed by atoms with Gasteiger partial charge >= 0.3 is 0 Å². The molecule has 1 heterocycles. The Hall–Kier alpha value is -1.72. The van der Waals surface area contributed by atoms with Crippen LogP contribution in [0.1, 0.15) is 11.3 Å². The monoisotopic (exact) mass is 361 g/mol. The first-order chi connectivity index (χ1) is 10.5. The number of nitrogens with one attached hydrogen (secondary N) is 1. The lowest BCUT2D eigenvalue weighted by atomic mass is 10.2. The molecule has 0 spiro atoms. The first-order valence-electron chi connectivity index (χ1n) is 7.19. The summed E-state index contributed by atoms with van der Waals surface area (Å²) in [6.45, 7) is 3.14. The summed E-state index contributed by atoms with van der Waals surface area (Å²) in [6.07, 6.45) is 2.63. The van der Waals surface area contributed by atoms with E-state index in [-0.39, 0.29) is 5.91 Å². The maximum Gasteiger partial charge on any atom is 0.238 e. The Morgan fingerprint density at radius 3 is 2.82 bits per heavy atom. The van der Waals surface area contributed by atoms with Gasteiger partial charge in [-0.15, -0.1) is 0 Å². The second kappa shape index (κ2) is 8.06. The van der Waals surface area contributed by atoms with Crippen LogP contribution < -0.4 is 5.32 Å². The molecule has 0 aliphatic rings. The highest BCUT2D eigenvalue weighted by molar-refractivity contribution is 9.10. The van der Waals surface area contributed by atoms with Crippen LogP contribution >= 0.6 is 15.9 Å². The molecule has 0 saturated carbocycles. The molecular weight excluding hydrogens is 342 g/mol. The first-order valence-corrected chi connectivity index (χ1v) is 7.98. The van der Waals surface area contributed by atoms with Crippen LogP contribution in [0.4, 0.5) is 5.69 Å². The Morgan fingerprint density at radius 2 is 2.14 bits per heavy atom. The van der Waals surface area contributed by atoms with Crippen molar-refractivity contribution in [1.29, 1.82) is 0 Å². The van der Waals surface area contributed by atoms with E-state index in [0.29, 0.717) is 6.54 Å². The van der Waals surface area contributed by atoms with E-state index in [9.17, 15) is 4.79 Å². The van der Waals surface area contributed by atoms with Gasteiger partial charge in [0.25, 0.3) is 0 Å². The van der Waals surface area contributed by atoms with Crippen LogP contribution in [-0.4, -0.2) is 35.9 Å². The van der Waals surface area contributed by atoms with Crippen LogP contribution in [0, 0.1) is 6.92 Å². The molecule has 1 amide bonds. The van der Waals surface area contributed by atoms with Gasteiger partial charge in [-0.1, -0.05) is 22.0 Å². The first kappa shape index (κ1) is 16.6. The molecule has 0 bridgehead atoms. The molecule has 2 rings (SSSR count). The predicted octanol–water partition coefficient (Wildman–Crippen LogP) is 3.27. The van der Waals surface area contributed by atoms with E-state index in [1.54, 1.807) is 6.20 Å². The average Bonchev–Trinajstić information content (AvgIpc) is 2.49. The number of hydrogen-bond donors (Lipinski definition) is 1. The number of aromatic nitrogens is 1. The summed E-state index contributed by atoms with van der Waals surface area (Å²) in [5, 5.41) is 2.95. The SMILES string of the molecule is Cc1cc(Br)ccc1NC(=O)CN(C)CCc1ccccn1. The summed E-state index contributed by atoms with van der Waals surface area (Å²) in [7, 11) is 1.94. The van der Waals surface area contributed by atoms with Crippen LogP contribution in [0.15, 0.2) is 47.1 Å². The number of nitrogens with zero attached hydrogens (tertiary/aromatic N) is 2. The van der Waals surface area contributed by atoms with Crippen LogP contribution in [0.25, 0.3) is 0 Å². The Bertz CT molecular complexity index is 631. The van der Waals surface area contributed by atoms with Crippen molar-refractivity contribution < 1.29 is 4.79 Å². The van der Waals surface area contributed by atoms with Crippen molar-refractivity contribution in [2.24, 2.45) is 0 Å². The largest absolute Gasteiger partial charge is 0.325 e. The fourth-order valence-electron chi connectivity index (χ4n) is 2.13. The lowest BCUT2D eigenvalue weighted by Gasteiger charge is -2.16. The molecule has 1 aromatic heterocycles. The number of anilines is 1. The fourth-order valence-corrected chi connectivity index (χ4v) is 2.61. The summed E-state index contributed by atoms with van der Waals surface area (Å²) in [4.78, 5) is 18.4. The van der Waals surface area contributed by atoms with Crippen molar-refractivity contribution in [3.05, 3.63) is 58.3 Å². The third-order valence-corrected chi connectivity index (χ3v) is 3.85. The number of likely N-dealkylation sites (N-methyl/N-ethyl adjacent to an activating group) is 1. The number of pyridine rings is 1. The molecule has 0 aliphatic carbocycles. The molecule has 1 aromatic carbocycles. The van der Waals surface area contributed by atoms with E-state index in [2.05, 4.69) is 26.2 Å². The van der Waals surface area contributed by atoms with Gasteiger partial charge in [0.1, 0.15) is 0 Å². The molecule has 0 fully saturated rings. The Morgan fingerprint density at radius 1 is 1.32 bits per heavy atom. The molecule has 0 unspecified atom stereocenters. The summed E-state index contributed by atoms with van der Waals surface area (Å²) in [5.41, 5.74) is 2.93. The second-order valence-electron chi connectivity index (χ2n) is 5.32. The van der Waals surface area contributed by atoms with Gasteiger partial charge in [0.2, 0.25) is 5.91 Å². The predicted molar refractivity (Wildman–Crippen MR) is 92.9 cm³/mol. The molecule has 0 saturated heterocycles. The fraction of sp³-hybridized carbons (Fsp3) is 0.294. The van der Waals surface area contributed by atoms with Crippen LogP contribution in [0.5, 0.6) is 0 Å². The number of aryl methyl sites for hydroxylation is 1. The number of benzene rings is 1. The van der Waals surface area contributed by atoms with Crippen molar-refractivity contribution >= 4 is 27.5 Å². The van der Waals surface area contributed by atoms with E-state index in [1.165, 1.54) is 0 Å². The van der Waals surface area contributed by atoms with Gasteiger partial charge in [-0.25, -0.2) is 0 Å². The molecule has 0 atom stereocenters. The molecule has 0 aliphatic heterocycles. The number of hydrogen-bond acceptors (Lipinski definition) is 3. The zero-order chi connectivity index (χ0) is 15.9. The highest BCUT2D eigenvalue weighted by Gasteiger charge is 2.09. The van der Waals surface area contributed by atoms with Crippen LogP contribution in [-0.2, 0) is 11.2 Å². The molecule has 1 N–H and O–H groups in total. The maximum atomic E-state index is 12.1. The highest BCUT2D eigenvalue weighted by Crippen LogP contribution is 2.19. The lowest BCUT2D eigenvalue weighted by molar-refractivity contribution is -0.117. The van der Waals surface area contributed by atoms with Gasteiger partial charge in [-0.2, -0.15) is 0 Å². The van der Waals surface area contributed by atoms with Crippen molar-refractivity contribution in [2.75, 3.05) is 25.5 Å². The van der Waals surface area contributed by atoms with Gasteiger partial charge in [0, 0.05) is 35.0 Å². The number of rotatable bonds is 6.